The van der Waals surface area contributed by atoms with E-state index in [0.29, 0.717) is 17.5 Å². The normalized spacial score (nSPS) is 16.0. The highest BCUT2D eigenvalue weighted by Crippen LogP contribution is 2.49. The Hall–Kier alpha value is -2.80. The van der Waals surface area contributed by atoms with Gasteiger partial charge in [0.15, 0.2) is 5.16 Å². The average molecular weight is 451 g/mol. The molecule has 0 saturated heterocycles. The van der Waals surface area contributed by atoms with Gasteiger partial charge in [-0.3, -0.25) is 14.2 Å². The van der Waals surface area contributed by atoms with Gasteiger partial charge < -0.3 is 9.15 Å². The fraction of sp³-hybridized carbons (Fsp3) is 0.400. The van der Waals surface area contributed by atoms with Gasteiger partial charge >= 0.3 is 5.97 Å². The molecule has 1 spiro atoms. The molecule has 2 aromatic heterocycles. The van der Waals surface area contributed by atoms with Gasteiger partial charge in [0.25, 0.3) is 5.56 Å². The first-order valence-corrected chi connectivity index (χ1v) is 12.1. The van der Waals surface area contributed by atoms with Crippen LogP contribution in [0.25, 0.3) is 11.3 Å². The van der Waals surface area contributed by atoms with E-state index in [9.17, 15) is 9.59 Å². The first kappa shape index (κ1) is 21.1. The minimum atomic E-state index is -0.318. The maximum atomic E-state index is 14.1. The minimum absolute atomic E-state index is 0.0193. The van der Waals surface area contributed by atoms with Gasteiger partial charge in [0.1, 0.15) is 5.76 Å². The van der Waals surface area contributed by atoms with E-state index in [1.54, 1.807) is 17.8 Å². The number of fused-ring (bicyclic) bond motifs is 4. The van der Waals surface area contributed by atoms with Gasteiger partial charge in [0.05, 0.1) is 36.4 Å². The zero-order valence-corrected chi connectivity index (χ0v) is 19.0. The molecule has 0 aliphatic heterocycles. The Balaban J connectivity index is 1.68. The minimum Gasteiger partial charge on any atom is -0.467 e. The molecular formula is C25H26N2O4S. The number of thioether (sulfide) groups is 1. The Morgan fingerprint density at radius 3 is 2.78 bits per heavy atom. The van der Waals surface area contributed by atoms with Crippen molar-refractivity contribution in [3.8, 4) is 11.3 Å². The summed E-state index contributed by atoms with van der Waals surface area (Å²) in [5, 5.41) is 0.517. The van der Waals surface area contributed by atoms with Crippen LogP contribution in [0, 0.1) is 0 Å². The molecular weight excluding hydrogens is 424 g/mol. The summed E-state index contributed by atoms with van der Waals surface area (Å²) in [6, 6.07) is 11.9. The van der Waals surface area contributed by atoms with Crippen LogP contribution in [0.3, 0.4) is 0 Å². The lowest BCUT2D eigenvalue weighted by Gasteiger charge is -2.36. The Bertz CT molecular complexity index is 1190. The number of rotatable bonds is 6. The smallest absolute Gasteiger partial charge is 0.316 e. The molecule has 1 aromatic carbocycles. The van der Waals surface area contributed by atoms with E-state index < -0.39 is 0 Å². The summed E-state index contributed by atoms with van der Waals surface area (Å²) in [5.74, 6) is 0.467. The average Bonchev–Trinajstić information content (AvgIpc) is 3.47. The summed E-state index contributed by atoms with van der Waals surface area (Å²) in [5.41, 5.74) is 3.71. The molecule has 1 saturated carbocycles. The number of carbonyl (C=O) groups excluding carboxylic acids is 1. The second-order valence-corrected chi connectivity index (χ2v) is 9.45. The highest BCUT2D eigenvalue weighted by Gasteiger charge is 2.44. The van der Waals surface area contributed by atoms with Crippen molar-refractivity contribution in [3.05, 3.63) is 69.9 Å². The number of hydrogen-bond donors (Lipinski definition) is 0. The summed E-state index contributed by atoms with van der Waals surface area (Å²) in [6.45, 7) is 2.39. The molecule has 0 amide bonds. The van der Waals surface area contributed by atoms with Gasteiger partial charge in [-0.25, -0.2) is 4.98 Å². The third kappa shape index (κ3) is 3.68. The first-order valence-electron chi connectivity index (χ1n) is 11.2. The topological polar surface area (TPSA) is 74.3 Å². The SMILES string of the molecule is CCOC(=O)CSc1nc2c(c(=O)n1Cc1ccco1)C1(CCCC1)Cc1ccccc1-2. The fourth-order valence-electron chi connectivity index (χ4n) is 5.18. The van der Waals surface area contributed by atoms with Crippen LogP contribution in [-0.4, -0.2) is 27.9 Å². The number of nitrogens with zero attached hydrogens (tertiary/aromatic N) is 2. The second kappa shape index (κ2) is 8.62. The number of aromatic nitrogens is 2. The molecule has 32 heavy (non-hydrogen) atoms. The number of hydrogen-bond acceptors (Lipinski definition) is 6. The Morgan fingerprint density at radius 1 is 1.22 bits per heavy atom. The third-order valence-corrected chi connectivity index (χ3v) is 7.49. The molecule has 7 heteroatoms. The van der Waals surface area contributed by atoms with Crippen molar-refractivity contribution in [1.82, 2.24) is 9.55 Å². The summed E-state index contributed by atoms with van der Waals surface area (Å²) in [4.78, 5) is 31.1. The van der Waals surface area contributed by atoms with Gasteiger partial charge in [0.2, 0.25) is 0 Å². The lowest BCUT2D eigenvalue weighted by atomic mass is 9.68. The van der Waals surface area contributed by atoms with Crippen LogP contribution in [0.5, 0.6) is 0 Å². The zero-order chi connectivity index (χ0) is 22.1. The quantitative estimate of drug-likeness (QED) is 0.311. The monoisotopic (exact) mass is 450 g/mol. The maximum absolute atomic E-state index is 14.1. The standard InChI is InChI=1S/C25H26N2O4S/c1-2-30-20(28)16-32-24-26-22-19-10-4-3-8-17(19)14-25(11-5-6-12-25)21(22)23(29)27(24)15-18-9-7-13-31-18/h3-4,7-10,13H,2,5-6,11-12,14-16H2,1H3. The van der Waals surface area contributed by atoms with E-state index in [1.165, 1.54) is 17.3 Å². The molecule has 6 nitrogen and oxygen atoms in total. The van der Waals surface area contributed by atoms with Gasteiger partial charge in [-0.05, 0) is 43.9 Å². The van der Waals surface area contributed by atoms with Crippen molar-refractivity contribution in [3.63, 3.8) is 0 Å². The van der Waals surface area contributed by atoms with Crippen LogP contribution in [0.2, 0.25) is 0 Å². The molecule has 0 atom stereocenters. The number of esters is 1. The van der Waals surface area contributed by atoms with Gasteiger partial charge in [0, 0.05) is 11.0 Å². The highest BCUT2D eigenvalue weighted by molar-refractivity contribution is 7.99. The van der Waals surface area contributed by atoms with Crippen molar-refractivity contribution in [2.45, 2.75) is 56.1 Å². The summed E-state index contributed by atoms with van der Waals surface area (Å²) in [6.07, 6.45) is 6.73. The molecule has 0 unspecified atom stereocenters. The lowest BCUT2D eigenvalue weighted by Crippen LogP contribution is -2.40. The molecule has 2 aliphatic rings. The Labute approximate surface area is 191 Å². The largest absolute Gasteiger partial charge is 0.467 e. The number of carbonyl (C=O) groups is 1. The molecule has 2 heterocycles. The van der Waals surface area contributed by atoms with E-state index in [2.05, 4.69) is 18.2 Å². The van der Waals surface area contributed by atoms with E-state index in [1.807, 2.05) is 18.2 Å². The zero-order valence-electron chi connectivity index (χ0n) is 18.1. The van der Waals surface area contributed by atoms with Crippen LogP contribution in [0.4, 0.5) is 0 Å². The third-order valence-electron chi connectivity index (χ3n) is 6.54. The lowest BCUT2D eigenvalue weighted by molar-refractivity contribution is -0.139. The van der Waals surface area contributed by atoms with Gasteiger partial charge in [-0.1, -0.05) is 48.9 Å². The molecule has 1 fully saturated rings. The molecule has 2 aliphatic carbocycles. The van der Waals surface area contributed by atoms with Crippen molar-refractivity contribution in [2.75, 3.05) is 12.4 Å². The van der Waals surface area contributed by atoms with Gasteiger partial charge in [-0.2, -0.15) is 0 Å². The van der Waals surface area contributed by atoms with Crippen molar-refractivity contribution >= 4 is 17.7 Å². The van der Waals surface area contributed by atoms with Crippen LogP contribution in [-0.2, 0) is 27.9 Å². The van der Waals surface area contributed by atoms with Crippen molar-refractivity contribution < 1.29 is 13.9 Å². The molecule has 0 bridgehead atoms. The fourth-order valence-corrected chi connectivity index (χ4v) is 5.97. The van der Waals surface area contributed by atoms with Crippen molar-refractivity contribution in [1.29, 1.82) is 0 Å². The number of benzene rings is 1. The van der Waals surface area contributed by atoms with E-state index in [0.717, 1.165) is 48.9 Å². The summed E-state index contributed by atoms with van der Waals surface area (Å²) >= 11 is 1.25. The van der Waals surface area contributed by atoms with Crippen LogP contribution >= 0.6 is 11.8 Å². The first-order chi connectivity index (χ1) is 15.6. The molecule has 166 valence electrons. The van der Waals surface area contributed by atoms with Crippen molar-refractivity contribution in [2.24, 2.45) is 0 Å². The molecule has 5 rings (SSSR count). The number of ether oxygens (including phenoxy) is 1. The molecule has 0 radical (unpaired) electrons. The Morgan fingerprint density at radius 2 is 2.03 bits per heavy atom. The Kier molecular flexibility index (Phi) is 5.67. The van der Waals surface area contributed by atoms with E-state index in [-0.39, 0.29) is 29.2 Å². The number of furan rings is 1. The maximum Gasteiger partial charge on any atom is 0.316 e. The predicted molar refractivity (Wildman–Crippen MR) is 123 cm³/mol. The van der Waals surface area contributed by atoms with Crippen LogP contribution in [0.1, 0.15) is 49.5 Å². The van der Waals surface area contributed by atoms with E-state index >= 15 is 0 Å². The summed E-state index contributed by atoms with van der Waals surface area (Å²) < 4.78 is 12.3. The second-order valence-electron chi connectivity index (χ2n) is 8.50. The molecule has 3 aromatic rings. The molecule has 0 N–H and O–H groups in total. The highest BCUT2D eigenvalue weighted by atomic mass is 32.2. The van der Waals surface area contributed by atoms with Gasteiger partial charge in [-0.15, -0.1) is 0 Å². The summed E-state index contributed by atoms with van der Waals surface area (Å²) in [7, 11) is 0. The van der Waals surface area contributed by atoms with Crippen LogP contribution in [0.15, 0.2) is 57.0 Å². The van der Waals surface area contributed by atoms with Crippen LogP contribution < -0.4 is 5.56 Å². The van der Waals surface area contributed by atoms with E-state index in [4.69, 9.17) is 14.1 Å². The predicted octanol–water partition coefficient (Wildman–Crippen LogP) is 4.57.